The Bertz CT molecular complexity index is 1270. The summed E-state index contributed by atoms with van der Waals surface area (Å²) in [5, 5.41) is 0. The average Bonchev–Trinajstić information content (AvgIpc) is 3.11. The Balaban J connectivity index is 1.63. The number of fused-ring (bicyclic) bond motifs is 1. The molecule has 0 saturated heterocycles. The number of carbonyl (C=O) groups excluding carboxylic acids is 1. The zero-order chi connectivity index (χ0) is 21.6. The average molecular weight is 429 g/mol. The number of ether oxygens (including phenoxy) is 1. The predicted molar refractivity (Wildman–Crippen MR) is 127 cm³/mol. The Morgan fingerprint density at radius 2 is 1.81 bits per heavy atom. The number of carbonyl (C=O) groups is 1. The van der Waals surface area contributed by atoms with Gasteiger partial charge in [0.05, 0.1) is 16.8 Å². The fourth-order valence-electron chi connectivity index (χ4n) is 3.45. The molecule has 1 amide bonds. The Morgan fingerprint density at radius 3 is 2.52 bits per heavy atom. The molecule has 0 radical (unpaired) electrons. The first-order chi connectivity index (χ1) is 15.2. The predicted octanol–water partition coefficient (Wildman–Crippen LogP) is 5.62. The van der Waals surface area contributed by atoms with E-state index in [-0.39, 0.29) is 5.91 Å². The molecule has 156 valence electrons. The quantitative estimate of drug-likeness (QED) is 0.359. The molecule has 1 heterocycles. The summed E-state index contributed by atoms with van der Waals surface area (Å²) in [5.41, 5.74) is 4.00. The third kappa shape index (κ3) is 4.84. The van der Waals surface area contributed by atoms with Crippen molar-refractivity contribution in [2.75, 3.05) is 6.61 Å². The minimum Gasteiger partial charge on any atom is -0.494 e. The largest absolute Gasteiger partial charge is 0.494 e. The number of aromatic nitrogens is 1. The van der Waals surface area contributed by atoms with Crippen LogP contribution in [0.15, 0.2) is 90.4 Å². The van der Waals surface area contributed by atoms with Crippen molar-refractivity contribution in [1.82, 2.24) is 4.57 Å². The number of benzene rings is 3. The van der Waals surface area contributed by atoms with Gasteiger partial charge in [0.25, 0.3) is 5.91 Å². The van der Waals surface area contributed by atoms with Crippen molar-refractivity contribution in [1.29, 1.82) is 0 Å². The van der Waals surface area contributed by atoms with Crippen LogP contribution in [0.2, 0.25) is 0 Å². The molecule has 1 aromatic heterocycles. The molecule has 3 aromatic carbocycles. The summed E-state index contributed by atoms with van der Waals surface area (Å²) in [7, 11) is 0. The van der Waals surface area contributed by atoms with E-state index in [1.807, 2.05) is 78.2 Å². The topological polar surface area (TPSA) is 43.6 Å². The lowest BCUT2D eigenvalue weighted by molar-refractivity contribution is 0.0998. The molecule has 4 aromatic rings. The number of hydrogen-bond donors (Lipinski definition) is 0. The third-order valence-electron chi connectivity index (χ3n) is 4.93. The van der Waals surface area contributed by atoms with Gasteiger partial charge in [-0.2, -0.15) is 4.99 Å². The molecule has 0 aliphatic carbocycles. The van der Waals surface area contributed by atoms with E-state index in [1.165, 1.54) is 16.9 Å². The van der Waals surface area contributed by atoms with Gasteiger partial charge in [0.2, 0.25) is 0 Å². The molecular formula is C26H24N2O2S. The van der Waals surface area contributed by atoms with E-state index in [0.29, 0.717) is 23.5 Å². The number of hydrogen-bond acceptors (Lipinski definition) is 3. The van der Waals surface area contributed by atoms with Crippen LogP contribution >= 0.6 is 11.3 Å². The molecule has 0 aliphatic heterocycles. The van der Waals surface area contributed by atoms with Gasteiger partial charge in [-0.25, -0.2) is 0 Å². The molecule has 0 aliphatic rings. The third-order valence-corrected chi connectivity index (χ3v) is 5.97. The lowest BCUT2D eigenvalue weighted by Crippen LogP contribution is -2.16. The lowest BCUT2D eigenvalue weighted by atomic mass is 10.0. The van der Waals surface area contributed by atoms with Gasteiger partial charge in [-0.15, -0.1) is 6.58 Å². The van der Waals surface area contributed by atoms with Gasteiger partial charge >= 0.3 is 0 Å². The van der Waals surface area contributed by atoms with E-state index in [0.717, 1.165) is 28.0 Å². The molecular weight excluding hydrogens is 404 g/mol. The molecule has 0 spiro atoms. The fourth-order valence-corrected chi connectivity index (χ4v) is 4.52. The highest BCUT2D eigenvalue weighted by Crippen LogP contribution is 2.23. The van der Waals surface area contributed by atoms with Crippen molar-refractivity contribution >= 4 is 27.5 Å². The summed E-state index contributed by atoms with van der Waals surface area (Å²) in [4.78, 5) is 17.9. The minimum atomic E-state index is -0.249. The molecule has 0 fully saturated rings. The lowest BCUT2D eigenvalue weighted by Gasteiger charge is -2.04. The highest BCUT2D eigenvalue weighted by Gasteiger charge is 2.10. The maximum atomic E-state index is 12.9. The number of amides is 1. The maximum absolute atomic E-state index is 12.9. The van der Waals surface area contributed by atoms with Crippen LogP contribution in [-0.4, -0.2) is 17.1 Å². The number of rotatable bonds is 7. The summed E-state index contributed by atoms with van der Waals surface area (Å²) < 4.78 is 8.64. The smallest absolute Gasteiger partial charge is 0.279 e. The maximum Gasteiger partial charge on any atom is 0.279 e. The van der Waals surface area contributed by atoms with Gasteiger partial charge in [0.1, 0.15) is 5.75 Å². The summed E-state index contributed by atoms with van der Waals surface area (Å²) >= 11 is 1.48. The minimum absolute atomic E-state index is 0.249. The molecule has 0 atom stereocenters. The SMILES string of the molecule is C=CCn1c(=NC(=O)c2ccc(Cc3ccccc3)cc2)sc2cc(OCC)ccc21. The molecule has 4 nitrogen and oxygen atoms in total. The molecule has 31 heavy (non-hydrogen) atoms. The van der Waals surface area contributed by atoms with Crippen LogP contribution in [0.1, 0.15) is 28.4 Å². The van der Waals surface area contributed by atoms with Crippen LogP contribution in [0.25, 0.3) is 10.2 Å². The van der Waals surface area contributed by atoms with Crippen LogP contribution < -0.4 is 9.54 Å². The second-order valence-electron chi connectivity index (χ2n) is 7.12. The second-order valence-corrected chi connectivity index (χ2v) is 8.13. The van der Waals surface area contributed by atoms with Gasteiger partial charge in [-0.1, -0.05) is 59.9 Å². The van der Waals surface area contributed by atoms with Crippen molar-refractivity contribution in [3.05, 3.63) is 107 Å². The fraction of sp³-hybridized carbons (Fsp3) is 0.154. The second kappa shape index (κ2) is 9.58. The van der Waals surface area contributed by atoms with Crippen LogP contribution in [0, 0.1) is 0 Å². The summed E-state index contributed by atoms with van der Waals surface area (Å²) in [5.74, 6) is 0.564. The number of thiazole rings is 1. The Labute approximate surface area is 185 Å². The van der Waals surface area contributed by atoms with E-state index in [2.05, 4.69) is 23.7 Å². The monoisotopic (exact) mass is 428 g/mol. The van der Waals surface area contributed by atoms with Gasteiger partial charge in [-0.05, 0) is 54.8 Å². The first-order valence-corrected chi connectivity index (χ1v) is 11.1. The zero-order valence-electron chi connectivity index (χ0n) is 17.5. The van der Waals surface area contributed by atoms with Crippen molar-refractivity contribution < 1.29 is 9.53 Å². The highest BCUT2D eigenvalue weighted by atomic mass is 32.1. The van der Waals surface area contributed by atoms with Crippen molar-refractivity contribution in [3.8, 4) is 5.75 Å². The first-order valence-electron chi connectivity index (χ1n) is 10.3. The van der Waals surface area contributed by atoms with Gasteiger partial charge in [-0.3, -0.25) is 4.79 Å². The van der Waals surface area contributed by atoms with Gasteiger partial charge in [0, 0.05) is 12.1 Å². The molecule has 4 rings (SSSR count). The van der Waals surface area contributed by atoms with Crippen LogP contribution in [-0.2, 0) is 13.0 Å². The van der Waals surface area contributed by atoms with E-state index >= 15 is 0 Å². The Kier molecular flexibility index (Phi) is 6.43. The molecule has 0 N–H and O–H groups in total. The number of allylic oxidation sites excluding steroid dienone is 1. The zero-order valence-corrected chi connectivity index (χ0v) is 18.3. The van der Waals surface area contributed by atoms with Gasteiger partial charge in [0.15, 0.2) is 4.80 Å². The van der Waals surface area contributed by atoms with Crippen molar-refractivity contribution in [2.45, 2.75) is 19.9 Å². The van der Waals surface area contributed by atoms with E-state index < -0.39 is 0 Å². The molecule has 0 unspecified atom stereocenters. The summed E-state index contributed by atoms with van der Waals surface area (Å²) in [6.07, 6.45) is 2.65. The van der Waals surface area contributed by atoms with Crippen LogP contribution in [0.4, 0.5) is 0 Å². The van der Waals surface area contributed by atoms with Crippen molar-refractivity contribution in [2.24, 2.45) is 4.99 Å². The van der Waals surface area contributed by atoms with Gasteiger partial charge < -0.3 is 9.30 Å². The summed E-state index contributed by atoms with van der Waals surface area (Å²) in [6.45, 7) is 6.99. The van der Waals surface area contributed by atoms with Crippen molar-refractivity contribution in [3.63, 3.8) is 0 Å². The van der Waals surface area contributed by atoms with E-state index in [9.17, 15) is 4.79 Å². The summed E-state index contributed by atoms with van der Waals surface area (Å²) in [6, 6.07) is 23.9. The molecule has 5 heteroatoms. The number of nitrogens with zero attached hydrogens (tertiary/aromatic N) is 2. The highest BCUT2D eigenvalue weighted by molar-refractivity contribution is 7.16. The molecule has 0 bridgehead atoms. The van der Waals surface area contributed by atoms with Crippen LogP contribution in [0.5, 0.6) is 5.75 Å². The van der Waals surface area contributed by atoms with Crippen LogP contribution in [0.3, 0.4) is 0 Å². The molecule has 0 saturated carbocycles. The first kappa shape index (κ1) is 20.8. The van der Waals surface area contributed by atoms with E-state index in [1.54, 1.807) is 0 Å². The normalized spacial score (nSPS) is 11.6. The van der Waals surface area contributed by atoms with E-state index in [4.69, 9.17) is 4.74 Å². The standard InChI is InChI=1S/C26H24N2O2S/c1-3-16-28-23-15-14-22(30-4-2)18-24(23)31-26(28)27-25(29)21-12-10-20(11-13-21)17-19-8-6-5-7-9-19/h3,5-15,18H,1,4,16-17H2,2H3. The Hall–Kier alpha value is -3.44. The Morgan fingerprint density at radius 1 is 1.06 bits per heavy atom.